The van der Waals surface area contributed by atoms with E-state index in [0.717, 1.165) is 17.4 Å². The molecule has 1 unspecified atom stereocenters. The molecule has 1 aromatic rings. The van der Waals surface area contributed by atoms with Crippen molar-refractivity contribution in [3.05, 3.63) is 32.6 Å². The first-order chi connectivity index (χ1) is 11.8. The van der Waals surface area contributed by atoms with E-state index in [1.807, 2.05) is 0 Å². The summed E-state index contributed by atoms with van der Waals surface area (Å²) in [5.41, 5.74) is -1.10. The molecule has 0 saturated carbocycles. The summed E-state index contributed by atoms with van der Waals surface area (Å²) < 4.78 is 6.80. The Labute approximate surface area is 159 Å². The van der Waals surface area contributed by atoms with Crippen LogP contribution in [0.5, 0.6) is 0 Å². The number of hydrogen-bond donors (Lipinski definition) is 4. The minimum atomic E-state index is -1.29. The van der Waals surface area contributed by atoms with Crippen molar-refractivity contribution in [2.75, 3.05) is 6.61 Å². The molecule has 0 amide bonds. The Kier molecular flexibility index (Phi) is 6.82. The zero-order valence-corrected chi connectivity index (χ0v) is 16.5. The quantitative estimate of drug-likeness (QED) is 0.332. The largest absolute Gasteiger partial charge is 0.396 e. The Bertz CT molecular complexity index is 699. The van der Waals surface area contributed by atoms with Gasteiger partial charge in [0.05, 0.1) is 6.10 Å². The molecule has 0 aliphatic carbocycles. The van der Waals surface area contributed by atoms with Crippen molar-refractivity contribution in [1.82, 2.24) is 9.55 Å². The summed E-state index contributed by atoms with van der Waals surface area (Å²) in [6.45, 7) is 3.86. The SMILES string of the molecule is CCC(I)(CC)C[C@H]1OC(n2cc(CCO)c(=O)[nH]c2=O)[C@H](O)[C@@H]1O. The average molecular weight is 468 g/mol. The number of nitrogens with one attached hydrogen (secondary N) is 1. The summed E-state index contributed by atoms with van der Waals surface area (Å²) in [4.78, 5) is 26.0. The lowest BCUT2D eigenvalue weighted by molar-refractivity contribution is -0.0442. The first-order valence-electron chi connectivity index (χ1n) is 8.42. The van der Waals surface area contributed by atoms with E-state index in [2.05, 4.69) is 41.4 Å². The fourth-order valence-corrected chi connectivity index (χ4v) is 3.48. The summed E-state index contributed by atoms with van der Waals surface area (Å²) in [5, 5.41) is 29.7. The monoisotopic (exact) mass is 468 g/mol. The highest BCUT2D eigenvalue weighted by atomic mass is 127. The summed E-state index contributed by atoms with van der Waals surface area (Å²) >= 11 is 2.34. The van der Waals surface area contributed by atoms with Gasteiger partial charge in [-0.1, -0.05) is 36.4 Å². The zero-order chi connectivity index (χ0) is 18.8. The van der Waals surface area contributed by atoms with Crippen LogP contribution in [0.4, 0.5) is 0 Å². The number of aliphatic hydroxyl groups excluding tert-OH is 3. The Balaban J connectivity index is 2.31. The molecule has 4 atom stereocenters. The van der Waals surface area contributed by atoms with Gasteiger partial charge in [0.25, 0.3) is 5.56 Å². The first kappa shape index (κ1) is 20.6. The fraction of sp³-hybridized carbons (Fsp3) is 0.750. The van der Waals surface area contributed by atoms with Crippen molar-refractivity contribution in [1.29, 1.82) is 0 Å². The van der Waals surface area contributed by atoms with E-state index in [9.17, 15) is 19.8 Å². The lowest BCUT2D eigenvalue weighted by Crippen LogP contribution is -2.39. The van der Waals surface area contributed by atoms with Gasteiger partial charge in [-0.05, 0) is 19.3 Å². The first-order valence-corrected chi connectivity index (χ1v) is 9.50. The van der Waals surface area contributed by atoms with E-state index >= 15 is 0 Å². The van der Waals surface area contributed by atoms with Gasteiger partial charge in [0.15, 0.2) is 6.23 Å². The van der Waals surface area contributed by atoms with Gasteiger partial charge < -0.3 is 20.1 Å². The van der Waals surface area contributed by atoms with Crippen molar-refractivity contribution in [3.8, 4) is 0 Å². The molecule has 9 heteroatoms. The third-order valence-corrected chi connectivity index (χ3v) is 6.83. The average Bonchev–Trinajstić information content (AvgIpc) is 2.85. The number of alkyl halides is 1. The molecule has 25 heavy (non-hydrogen) atoms. The highest BCUT2D eigenvalue weighted by molar-refractivity contribution is 14.1. The third-order valence-electron chi connectivity index (χ3n) is 4.87. The molecule has 0 radical (unpaired) electrons. The predicted octanol–water partition coefficient (Wildman–Crippen LogP) is 0.0745. The minimum absolute atomic E-state index is 0.0734. The maximum atomic E-state index is 12.1. The van der Waals surface area contributed by atoms with Crippen LogP contribution in [0.3, 0.4) is 0 Å². The van der Waals surface area contributed by atoms with E-state index in [1.54, 1.807) is 0 Å². The van der Waals surface area contributed by atoms with E-state index in [4.69, 9.17) is 9.84 Å². The number of aromatic nitrogens is 2. The number of nitrogens with zero attached hydrogens (tertiary/aromatic N) is 1. The molecule has 2 rings (SSSR count). The van der Waals surface area contributed by atoms with Crippen LogP contribution < -0.4 is 11.2 Å². The summed E-state index contributed by atoms with van der Waals surface area (Å²) in [6, 6.07) is 0. The predicted molar refractivity (Wildman–Crippen MR) is 100.0 cm³/mol. The molecule has 8 nitrogen and oxygen atoms in total. The molecule has 1 saturated heterocycles. The Morgan fingerprint density at radius 2 is 1.92 bits per heavy atom. The number of aromatic amines is 1. The molecule has 1 aliphatic rings. The van der Waals surface area contributed by atoms with Gasteiger partial charge in [0.2, 0.25) is 0 Å². The Hall–Kier alpha value is -0.750. The molecule has 4 N–H and O–H groups in total. The van der Waals surface area contributed by atoms with Crippen LogP contribution in [-0.2, 0) is 11.2 Å². The van der Waals surface area contributed by atoms with Gasteiger partial charge in [-0.25, -0.2) is 4.79 Å². The maximum Gasteiger partial charge on any atom is 0.330 e. The van der Waals surface area contributed by atoms with E-state index in [1.165, 1.54) is 6.20 Å². The number of H-pyrrole nitrogens is 1. The summed E-state index contributed by atoms with van der Waals surface area (Å²) in [7, 11) is 0. The topological polar surface area (TPSA) is 125 Å². The molecule has 142 valence electrons. The highest BCUT2D eigenvalue weighted by Gasteiger charge is 2.46. The van der Waals surface area contributed by atoms with Gasteiger partial charge in [-0.2, -0.15) is 0 Å². The number of halogens is 1. The van der Waals surface area contributed by atoms with E-state index in [-0.39, 0.29) is 22.0 Å². The molecule has 1 fully saturated rings. The second-order valence-corrected chi connectivity index (χ2v) is 8.69. The number of hydrogen-bond acceptors (Lipinski definition) is 6. The molecule has 2 heterocycles. The second kappa shape index (κ2) is 8.30. The zero-order valence-electron chi connectivity index (χ0n) is 14.3. The van der Waals surface area contributed by atoms with Gasteiger partial charge in [-0.3, -0.25) is 14.3 Å². The van der Waals surface area contributed by atoms with Crippen molar-refractivity contribution in [2.24, 2.45) is 0 Å². The van der Waals surface area contributed by atoms with Crippen LogP contribution in [0.2, 0.25) is 0 Å². The normalized spacial score (nSPS) is 27.0. The van der Waals surface area contributed by atoms with Gasteiger partial charge in [0, 0.05) is 28.2 Å². The molecule has 0 spiro atoms. The van der Waals surface area contributed by atoms with E-state index < -0.39 is 35.8 Å². The lowest BCUT2D eigenvalue weighted by Gasteiger charge is -2.28. The Morgan fingerprint density at radius 3 is 2.48 bits per heavy atom. The van der Waals surface area contributed by atoms with Crippen LogP contribution in [0.15, 0.2) is 15.8 Å². The van der Waals surface area contributed by atoms with Crippen LogP contribution in [0.1, 0.15) is 44.9 Å². The fourth-order valence-electron chi connectivity index (χ4n) is 3.04. The van der Waals surface area contributed by atoms with E-state index in [0.29, 0.717) is 6.42 Å². The molecule has 1 aromatic heterocycles. The van der Waals surface area contributed by atoms with Crippen LogP contribution >= 0.6 is 22.6 Å². The lowest BCUT2D eigenvalue weighted by atomic mass is 9.93. The molecule has 0 aromatic carbocycles. The number of ether oxygens (including phenoxy) is 1. The maximum absolute atomic E-state index is 12.1. The van der Waals surface area contributed by atoms with Gasteiger partial charge >= 0.3 is 5.69 Å². The standard InChI is InChI=1S/C16H25IN2O6/c1-3-16(17,4-2)7-10-11(21)12(22)14(25-10)19-8-9(5-6-20)13(23)18-15(19)24/h8,10-12,14,20-22H,3-7H2,1-2H3,(H,18,23,24)/t10-,11-,12-,14?/m1/s1. The van der Waals surface area contributed by atoms with Crippen molar-refractivity contribution in [2.45, 2.75) is 67.5 Å². The number of rotatable bonds is 7. The van der Waals surface area contributed by atoms with Crippen molar-refractivity contribution in [3.63, 3.8) is 0 Å². The Morgan fingerprint density at radius 1 is 1.28 bits per heavy atom. The van der Waals surface area contributed by atoms with Crippen molar-refractivity contribution < 1.29 is 20.1 Å². The van der Waals surface area contributed by atoms with Crippen LogP contribution in [0, 0.1) is 0 Å². The number of aliphatic hydroxyl groups is 3. The molecular weight excluding hydrogens is 443 g/mol. The van der Waals surface area contributed by atoms with Crippen LogP contribution in [0.25, 0.3) is 0 Å². The van der Waals surface area contributed by atoms with Crippen LogP contribution in [-0.4, -0.2) is 53.2 Å². The third kappa shape index (κ3) is 4.33. The smallest absolute Gasteiger partial charge is 0.330 e. The van der Waals surface area contributed by atoms with Gasteiger partial charge in [0.1, 0.15) is 12.2 Å². The highest BCUT2D eigenvalue weighted by Crippen LogP contribution is 2.39. The van der Waals surface area contributed by atoms with Gasteiger partial charge in [-0.15, -0.1) is 0 Å². The minimum Gasteiger partial charge on any atom is -0.396 e. The molecule has 1 aliphatic heterocycles. The molecule has 0 bridgehead atoms. The second-order valence-electron chi connectivity index (χ2n) is 6.40. The summed E-state index contributed by atoms with van der Waals surface area (Å²) in [6.07, 6.45) is -0.454. The summed E-state index contributed by atoms with van der Waals surface area (Å²) in [5.74, 6) is 0. The van der Waals surface area contributed by atoms with Crippen molar-refractivity contribution >= 4 is 22.6 Å². The molecular formula is C16H25IN2O6.